The molecule has 4 aromatic rings. The number of thiophene rings is 1. The number of carbonyl (C=O) groups is 2. The molecule has 2 amide bonds. The Morgan fingerprint density at radius 2 is 1.68 bits per heavy atom. The van der Waals surface area contributed by atoms with E-state index in [0.717, 1.165) is 20.1 Å². The van der Waals surface area contributed by atoms with E-state index in [4.69, 9.17) is 23.2 Å². The van der Waals surface area contributed by atoms with Gasteiger partial charge in [0, 0.05) is 5.02 Å². The summed E-state index contributed by atoms with van der Waals surface area (Å²) in [5, 5.41) is 1.47. The smallest absolute Gasteiger partial charge is 0.267 e. The van der Waals surface area contributed by atoms with Gasteiger partial charge in [-0.25, -0.2) is 4.98 Å². The molecular formula is C19H11Cl2N3O2S2. The molecule has 0 saturated heterocycles. The van der Waals surface area contributed by atoms with Crippen molar-refractivity contribution in [1.82, 2.24) is 15.8 Å². The summed E-state index contributed by atoms with van der Waals surface area (Å²) in [6, 6.07) is 15.9. The zero-order chi connectivity index (χ0) is 19.7. The molecule has 0 fully saturated rings. The fourth-order valence-corrected chi connectivity index (χ4v) is 4.88. The summed E-state index contributed by atoms with van der Waals surface area (Å²) in [5.41, 5.74) is 5.89. The molecule has 0 radical (unpaired) electrons. The Hall–Kier alpha value is -2.45. The van der Waals surface area contributed by atoms with E-state index in [9.17, 15) is 9.59 Å². The summed E-state index contributed by atoms with van der Waals surface area (Å²) in [5.74, 6) is -0.950. The van der Waals surface area contributed by atoms with Gasteiger partial charge >= 0.3 is 0 Å². The van der Waals surface area contributed by atoms with Gasteiger partial charge in [0.2, 0.25) is 0 Å². The molecule has 5 nitrogen and oxygen atoms in total. The van der Waals surface area contributed by atoms with Crippen molar-refractivity contribution in [2.45, 2.75) is 0 Å². The van der Waals surface area contributed by atoms with E-state index in [1.54, 1.807) is 23.5 Å². The van der Waals surface area contributed by atoms with Crippen LogP contribution >= 0.6 is 45.9 Å². The van der Waals surface area contributed by atoms with Crippen LogP contribution in [0.5, 0.6) is 0 Å². The molecule has 9 heteroatoms. The number of carbonyl (C=O) groups excluding carboxylic acids is 2. The highest BCUT2D eigenvalue weighted by Gasteiger charge is 2.15. The highest BCUT2D eigenvalue weighted by atomic mass is 35.5. The number of nitrogens with one attached hydrogen (secondary N) is 2. The van der Waals surface area contributed by atoms with Gasteiger partial charge in [0.05, 0.1) is 30.6 Å². The standard InChI is InChI=1S/C19H11Cl2N3O2S2/c20-10-5-6-11(12(21)9-10)17(25)23-24-18(26)15-7-8-16(27-15)19-22-13-3-1-2-4-14(13)28-19/h1-9H,(H,23,25)(H,24,26). The monoisotopic (exact) mass is 447 g/mol. The van der Waals surface area contributed by atoms with Crippen molar-refractivity contribution >= 4 is 67.9 Å². The first-order valence-electron chi connectivity index (χ1n) is 8.03. The summed E-state index contributed by atoms with van der Waals surface area (Å²) in [6.07, 6.45) is 0. The van der Waals surface area contributed by atoms with Gasteiger partial charge in [-0.15, -0.1) is 22.7 Å². The molecular weight excluding hydrogens is 437 g/mol. The highest BCUT2D eigenvalue weighted by molar-refractivity contribution is 7.26. The number of para-hydroxylation sites is 1. The minimum Gasteiger partial charge on any atom is -0.267 e. The minimum atomic E-state index is -0.530. The summed E-state index contributed by atoms with van der Waals surface area (Å²) in [4.78, 5) is 30.5. The number of fused-ring (bicyclic) bond motifs is 1. The Kier molecular flexibility index (Phi) is 5.32. The average molecular weight is 448 g/mol. The number of hydrogen-bond acceptors (Lipinski definition) is 5. The maximum absolute atomic E-state index is 12.3. The van der Waals surface area contributed by atoms with Crippen LogP contribution in [0.15, 0.2) is 54.6 Å². The van der Waals surface area contributed by atoms with Crippen LogP contribution in [0, 0.1) is 0 Å². The first-order valence-corrected chi connectivity index (χ1v) is 10.4. The number of amides is 2. The average Bonchev–Trinajstić information content (AvgIpc) is 3.32. The summed E-state index contributed by atoms with van der Waals surface area (Å²) >= 11 is 14.7. The van der Waals surface area contributed by atoms with Crippen LogP contribution in [0.25, 0.3) is 20.1 Å². The van der Waals surface area contributed by atoms with Crippen molar-refractivity contribution < 1.29 is 9.59 Å². The summed E-state index contributed by atoms with van der Waals surface area (Å²) in [7, 11) is 0. The predicted octanol–water partition coefficient (Wildman–Crippen LogP) is 5.41. The van der Waals surface area contributed by atoms with Gasteiger partial charge in [0.25, 0.3) is 11.8 Å². The van der Waals surface area contributed by atoms with Crippen LogP contribution in [0.4, 0.5) is 0 Å². The maximum atomic E-state index is 12.3. The molecule has 2 N–H and O–H groups in total. The van der Waals surface area contributed by atoms with Crippen molar-refractivity contribution in [3.8, 4) is 9.88 Å². The molecule has 0 atom stereocenters. The maximum Gasteiger partial charge on any atom is 0.279 e. The summed E-state index contributed by atoms with van der Waals surface area (Å²) in [6.45, 7) is 0. The van der Waals surface area contributed by atoms with Crippen LogP contribution in [-0.4, -0.2) is 16.8 Å². The molecule has 28 heavy (non-hydrogen) atoms. The molecule has 0 saturated carbocycles. The van der Waals surface area contributed by atoms with Gasteiger partial charge in [-0.1, -0.05) is 35.3 Å². The normalized spacial score (nSPS) is 10.8. The zero-order valence-electron chi connectivity index (χ0n) is 14.0. The van der Waals surface area contributed by atoms with E-state index in [2.05, 4.69) is 15.8 Å². The van der Waals surface area contributed by atoms with Crippen LogP contribution in [0.3, 0.4) is 0 Å². The second-order valence-corrected chi connectivity index (χ2v) is 8.64. The fraction of sp³-hybridized carbons (Fsp3) is 0. The lowest BCUT2D eigenvalue weighted by Gasteiger charge is -2.07. The van der Waals surface area contributed by atoms with Crippen LogP contribution in [-0.2, 0) is 0 Å². The topological polar surface area (TPSA) is 71.1 Å². The van der Waals surface area contributed by atoms with Crippen molar-refractivity contribution in [2.75, 3.05) is 0 Å². The minimum absolute atomic E-state index is 0.202. The van der Waals surface area contributed by atoms with E-state index in [1.165, 1.54) is 23.5 Å². The molecule has 0 aliphatic rings. The van der Waals surface area contributed by atoms with Gasteiger partial charge in [0.1, 0.15) is 5.01 Å². The number of nitrogens with zero attached hydrogens (tertiary/aromatic N) is 1. The van der Waals surface area contributed by atoms with Gasteiger partial charge in [-0.3, -0.25) is 20.4 Å². The quantitative estimate of drug-likeness (QED) is 0.412. The second-order valence-electron chi connectivity index (χ2n) is 5.68. The molecule has 140 valence electrons. The van der Waals surface area contributed by atoms with Crippen molar-refractivity contribution in [1.29, 1.82) is 0 Å². The van der Waals surface area contributed by atoms with Crippen LogP contribution in [0.2, 0.25) is 10.0 Å². The number of benzene rings is 2. The number of rotatable bonds is 3. The van der Waals surface area contributed by atoms with Gasteiger partial charge < -0.3 is 0 Å². The van der Waals surface area contributed by atoms with E-state index < -0.39 is 11.8 Å². The molecule has 2 aromatic carbocycles. The number of aromatic nitrogens is 1. The first kappa shape index (κ1) is 18.9. The Bertz CT molecular complexity index is 1170. The first-order chi connectivity index (χ1) is 13.5. The van der Waals surface area contributed by atoms with Crippen molar-refractivity contribution in [2.24, 2.45) is 0 Å². The van der Waals surface area contributed by atoms with Gasteiger partial charge in [0.15, 0.2) is 0 Å². The third-order valence-corrected chi connectivity index (χ3v) is 6.64. The zero-order valence-corrected chi connectivity index (χ0v) is 17.2. The number of thiazole rings is 1. The lowest BCUT2D eigenvalue weighted by atomic mass is 10.2. The molecule has 0 bridgehead atoms. The Labute approximate surface area is 177 Å². The predicted molar refractivity (Wildman–Crippen MR) is 114 cm³/mol. The van der Waals surface area contributed by atoms with Gasteiger partial charge in [-0.05, 0) is 42.5 Å². The van der Waals surface area contributed by atoms with E-state index in [-0.39, 0.29) is 10.6 Å². The molecule has 2 aromatic heterocycles. The van der Waals surface area contributed by atoms with E-state index in [1.807, 2.05) is 30.3 Å². The number of hydrogen-bond donors (Lipinski definition) is 2. The molecule has 0 spiro atoms. The number of hydrazine groups is 1. The second kappa shape index (κ2) is 7.89. The molecule has 4 rings (SSSR count). The molecule has 0 aliphatic carbocycles. The Balaban J connectivity index is 1.45. The third kappa shape index (κ3) is 3.88. The van der Waals surface area contributed by atoms with Crippen LogP contribution in [0.1, 0.15) is 20.0 Å². The molecule has 2 heterocycles. The highest BCUT2D eigenvalue weighted by Crippen LogP contribution is 2.34. The van der Waals surface area contributed by atoms with E-state index >= 15 is 0 Å². The van der Waals surface area contributed by atoms with Crippen LogP contribution < -0.4 is 10.9 Å². The molecule has 0 unspecified atom stereocenters. The lowest BCUT2D eigenvalue weighted by Crippen LogP contribution is -2.41. The SMILES string of the molecule is O=C(NNC(=O)c1ccc(Cl)cc1Cl)c1ccc(-c2nc3ccccc3s2)s1. The lowest BCUT2D eigenvalue weighted by molar-refractivity contribution is 0.0849. The van der Waals surface area contributed by atoms with Gasteiger partial charge in [-0.2, -0.15) is 0 Å². The van der Waals surface area contributed by atoms with Crippen molar-refractivity contribution in [3.63, 3.8) is 0 Å². The Morgan fingerprint density at radius 3 is 2.46 bits per heavy atom. The molecule has 0 aliphatic heterocycles. The third-order valence-electron chi connectivity index (χ3n) is 3.80. The largest absolute Gasteiger partial charge is 0.279 e. The van der Waals surface area contributed by atoms with E-state index in [0.29, 0.717) is 9.90 Å². The summed E-state index contributed by atoms with van der Waals surface area (Å²) < 4.78 is 1.09. The fourth-order valence-electron chi connectivity index (χ4n) is 2.47. The van der Waals surface area contributed by atoms with Crippen molar-refractivity contribution in [3.05, 3.63) is 75.1 Å². The Morgan fingerprint density at radius 1 is 0.893 bits per heavy atom. The number of halogens is 2.